The normalized spacial score (nSPS) is 15.7. The summed E-state index contributed by atoms with van der Waals surface area (Å²) in [5.74, 6) is -0.190. The first-order valence-electron chi connectivity index (χ1n) is 7.38. The van der Waals surface area contributed by atoms with Crippen molar-refractivity contribution in [1.82, 2.24) is 5.32 Å². The third-order valence-electron chi connectivity index (χ3n) is 3.89. The van der Waals surface area contributed by atoms with Gasteiger partial charge in [0.2, 0.25) is 0 Å². The van der Waals surface area contributed by atoms with E-state index in [2.05, 4.69) is 11.4 Å². The molecular formula is C17H16N2O4. The van der Waals surface area contributed by atoms with Gasteiger partial charge in [-0.3, -0.25) is 14.9 Å². The average Bonchev–Trinajstić information content (AvgIpc) is 2.96. The zero-order chi connectivity index (χ0) is 16.2. The highest BCUT2D eigenvalue weighted by molar-refractivity contribution is 5.78. The number of ether oxygens (including phenoxy) is 1. The summed E-state index contributed by atoms with van der Waals surface area (Å²) in [6.45, 7) is -0.247. The van der Waals surface area contributed by atoms with E-state index in [4.69, 9.17) is 4.74 Å². The molecule has 0 bridgehead atoms. The van der Waals surface area contributed by atoms with Crippen LogP contribution < -0.4 is 10.1 Å². The number of fused-ring (bicyclic) bond motifs is 1. The fourth-order valence-corrected chi connectivity index (χ4v) is 2.82. The Kier molecular flexibility index (Phi) is 4.23. The van der Waals surface area contributed by atoms with E-state index >= 15 is 0 Å². The lowest BCUT2D eigenvalue weighted by atomic mass is 10.1. The lowest BCUT2D eigenvalue weighted by Gasteiger charge is -2.14. The molecule has 0 aliphatic heterocycles. The van der Waals surface area contributed by atoms with Crippen LogP contribution in [0, 0.1) is 10.1 Å². The van der Waals surface area contributed by atoms with Gasteiger partial charge in [0.25, 0.3) is 5.91 Å². The fraction of sp³-hybridized carbons (Fsp3) is 0.235. The quantitative estimate of drug-likeness (QED) is 0.680. The van der Waals surface area contributed by atoms with E-state index in [-0.39, 0.29) is 30.0 Å². The minimum atomic E-state index is -0.527. The van der Waals surface area contributed by atoms with Crippen molar-refractivity contribution in [3.8, 4) is 5.75 Å². The predicted molar refractivity (Wildman–Crippen MR) is 84.2 cm³/mol. The molecule has 0 saturated heterocycles. The van der Waals surface area contributed by atoms with Crippen LogP contribution in [0.5, 0.6) is 5.75 Å². The molecule has 2 aromatic rings. The van der Waals surface area contributed by atoms with Crippen molar-refractivity contribution >= 4 is 11.6 Å². The van der Waals surface area contributed by atoms with Crippen LogP contribution in [0.15, 0.2) is 48.5 Å². The van der Waals surface area contributed by atoms with E-state index in [0.29, 0.717) is 0 Å². The predicted octanol–water partition coefficient (Wildman–Crippen LogP) is 2.78. The van der Waals surface area contributed by atoms with Gasteiger partial charge < -0.3 is 10.1 Å². The Morgan fingerprint density at radius 1 is 1.22 bits per heavy atom. The highest BCUT2D eigenvalue weighted by Crippen LogP contribution is 2.30. The summed E-state index contributed by atoms with van der Waals surface area (Å²) in [6, 6.07) is 14.0. The SMILES string of the molecule is O=C(COc1ccccc1[N+](=O)[O-])N[C@H]1CCc2ccccc21. The van der Waals surface area contributed by atoms with Crippen molar-refractivity contribution in [2.24, 2.45) is 0 Å². The van der Waals surface area contributed by atoms with Crippen LogP contribution in [0.2, 0.25) is 0 Å². The van der Waals surface area contributed by atoms with Gasteiger partial charge in [0.1, 0.15) is 0 Å². The van der Waals surface area contributed by atoms with Crippen LogP contribution in [-0.4, -0.2) is 17.4 Å². The number of amides is 1. The second-order valence-corrected chi connectivity index (χ2v) is 5.37. The summed E-state index contributed by atoms with van der Waals surface area (Å²) in [5, 5.41) is 13.8. The zero-order valence-electron chi connectivity index (χ0n) is 12.4. The average molecular weight is 312 g/mol. The molecule has 0 heterocycles. The molecule has 0 saturated carbocycles. The standard InChI is InChI=1S/C17H16N2O4/c20-17(11-23-16-8-4-3-7-15(16)19(21)22)18-14-10-9-12-5-1-2-6-13(12)14/h1-8,14H,9-11H2,(H,18,20)/t14-/m0/s1. The monoisotopic (exact) mass is 312 g/mol. The largest absolute Gasteiger partial charge is 0.477 e. The minimum absolute atomic E-state index is 0.0203. The summed E-state index contributed by atoms with van der Waals surface area (Å²) in [6.07, 6.45) is 1.79. The van der Waals surface area contributed by atoms with Crippen LogP contribution in [0.4, 0.5) is 5.69 Å². The van der Waals surface area contributed by atoms with Gasteiger partial charge in [-0.2, -0.15) is 0 Å². The highest BCUT2D eigenvalue weighted by atomic mass is 16.6. The van der Waals surface area contributed by atoms with E-state index in [1.165, 1.54) is 17.7 Å². The molecule has 3 rings (SSSR count). The maximum Gasteiger partial charge on any atom is 0.310 e. The molecule has 2 aromatic carbocycles. The molecule has 1 atom stereocenters. The summed E-state index contributed by atoms with van der Waals surface area (Å²) in [7, 11) is 0. The zero-order valence-corrected chi connectivity index (χ0v) is 12.4. The number of nitrogens with zero attached hydrogens (tertiary/aromatic N) is 1. The van der Waals surface area contributed by atoms with Gasteiger partial charge in [-0.15, -0.1) is 0 Å². The summed E-state index contributed by atoms with van der Waals surface area (Å²) in [4.78, 5) is 22.4. The van der Waals surface area contributed by atoms with Crippen LogP contribution >= 0.6 is 0 Å². The molecule has 6 nitrogen and oxygen atoms in total. The first kappa shape index (κ1) is 15.0. The summed E-state index contributed by atoms with van der Waals surface area (Å²) < 4.78 is 5.30. The van der Waals surface area contributed by atoms with Crippen molar-refractivity contribution in [2.75, 3.05) is 6.61 Å². The van der Waals surface area contributed by atoms with Gasteiger partial charge in [-0.1, -0.05) is 36.4 Å². The Balaban J connectivity index is 1.60. The summed E-state index contributed by atoms with van der Waals surface area (Å²) >= 11 is 0. The number of carbonyl (C=O) groups excluding carboxylic acids is 1. The topological polar surface area (TPSA) is 81.5 Å². The number of hydrogen-bond acceptors (Lipinski definition) is 4. The van der Waals surface area contributed by atoms with Crippen LogP contribution in [0.3, 0.4) is 0 Å². The van der Waals surface area contributed by atoms with Crippen molar-refractivity contribution in [1.29, 1.82) is 0 Å². The summed E-state index contributed by atoms with van der Waals surface area (Å²) in [5.41, 5.74) is 2.23. The number of nitro benzene ring substituents is 1. The molecule has 0 spiro atoms. The van der Waals surface area contributed by atoms with Crippen molar-refractivity contribution < 1.29 is 14.5 Å². The second-order valence-electron chi connectivity index (χ2n) is 5.37. The van der Waals surface area contributed by atoms with Crippen LogP contribution in [-0.2, 0) is 11.2 Å². The molecule has 1 amide bonds. The van der Waals surface area contributed by atoms with Gasteiger partial charge in [0, 0.05) is 6.07 Å². The Bertz CT molecular complexity index is 745. The number of hydrogen-bond donors (Lipinski definition) is 1. The maximum absolute atomic E-state index is 12.1. The van der Waals surface area contributed by atoms with Crippen molar-refractivity contribution in [3.05, 3.63) is 69.8 Å². The Morgan fingerprint density at radius 2 is 1.96 bits per heavy atom. The number of carbonyl (C=O) groups is 1. The van der Waals surface area contributed by atoms with Gasteiger partial charge in [-0.05, 0) is 30.0 Å². The van der Waals surface area contributed by atoms with Crippen LogP contribution in [0.1, 0.15) is 23.6 Å². The Morgan fingerprint density at radius 3 is 2.78 bits per heavy atom. The molecule has 0 fully saturated rings. The van der Waals surface area contributed by atoms with Gasteiger partial charge in [0.15, 0.2) is 12.4 Å². The fourth-order valence-electron chi connectivity index (χ4n) is 2.82. The second kappa shape index (κ2) is 6.48. The molecule has 0 radical (unpaired) electrons. The van der Waals surface area contributed by atoms with Crippen molar-refractivity contribution in [2.45, 2.75) is 18.9 Å². The molecule has 1 N–H and O–H groups in total. The molecular weight excluding hydrogens is 296 g/mol. The van der Waals surface area contributed by atoms with Gasteiger partial charge in [0.05, 0.1) is 11.0 Å². The Hall–Kier alpha value is -2.89. The first-order valence-corrected chi connectivity index (χ1v) is 7.38. The molecule has 118 valence electrons. The van der Waals surface area contributed by atoms with Crippen molar-refractivity contribution in [3.63, 3.8) is 0 Å². The lowest BCUT2D eigenvalue weighted by molar-refractivity contribution is -0.385. The number of rotatable bonds is 5. The van der Waals surface area contributed by atoms with Gasteiger partial charge >= 0.3 is 5.69 Å². The minimum Gasteiger partial charge on any atom is -0.477 e. The Labute approximate surface area is 133 Å². The number of nitrogens with one attached hydrogen (secondary N) is 1. The number of nitro groups is 1. The van der Waals surface area contributed by atoms with Gasteiger partial charge in [-0.25, -0.2) is 0 Å². The van der Waals surface area contributed by atoms with E-state index in [1.807, 2.05) is 18.2 Å². The molecule has 1 aliphatic carbocycles. The van der Waals surface area contributed by atoms with E-state index in [0.717, 1.165) is 18.4 Å². The van der Waals surface area contributed by atoms with E-state index < -0.39 is 4.92 Å². The van der Waals surface area contributed by atoms with E-state index in [1.54, 1.807) is 12.1 Å². The molecule has 0 unspecified atom stereocenters. The number of aryl methyl sites for hydroxylation is 1. The smallest absolute Gasteiger partial charge is 0.310 e. The molecule has 1 aliphatic rings. The first-order chi connectivity index (χ1) is 11.1. The maximum atomic E-state index is 12.1. The third-order valence-corrected chi connectivity index (χ3v) is 3.89. The number of benzene rings is 2. The highest BCUT2D eigenvalue weighted by Gasteiger charge is 2.23. The molecule has 0 aromatic heterocycles. The number of para-hydroxylation sites is 2. The molecule has 6 heteroatoms. The van der Waals surface area contributed by atoms with Crippen LogP contribution in [0.25, 0.3) is 0 Å². The third kappa shape index (κ3) is 3.31. The van der Waals surface area contributed by atoms with E-state index in [9.17, 15) is 14.9 Å². The lowest BCUT2D eigenvalue weighted by Crippen LogP contribution is -2.31. The molecule has 23 heavy (non-hydrogen) atoms.